The van der Waals surface area contributed by atoms with E-state index in [9.17, 15) is 9.59 Å². The van der Waals surface area contributed by atoms with Crippen LogP contribution in [0.5, 0.6) is 0 Å². The van der Waals surface area contributed by atoms with Gasteiger partial charge < -0.3 is 10.2 Å². The van der Waals surface area contributed by atoms with Gasteiger partial charge in [0.15, 0.2) is 0 Å². The molecule has 15 heavy (non-hydrogen) atoms. The molecule has 0 radical (unpaired) electrons. The van der Waals surface area contributed by atoms with Gasteiger partial charge in [-0.2, -0.15) is 0 Å². The van der Waals surface area contributed by atoms with E-state index in [1.54, 1.807) is 11.9 Å². The minimum atomic E-state index is -0.338. The summed E-state index contributed by atoms with van der Waals surface area (Å²) in [5.74, 6) is 0.211. The molecule has 3 unspecified atom stereocenters. The Morgan fingerprint density at radius 3 is 2.47 bits per heavy atom. The van der Waals surface area contributed by atoms with Crippen molar-refractivity contribution in [2.45, 2.75) is 45.7 Å². The molecule has 0 spiro atoms. The Balaban J connectivity index is 2.82. The molecule has 4 nitrogen and oxygen atoms in total. The largest absolute Gasteiger partial charge is 0.342 e. The molecular formula is C11H20N2O2. The summed E-state index contributed by atoms with van der Waals surface area (Å²) < 4.78 is 0. The molecule has 1 saturated heterocycles. The number of hydrogen-bond donors (Lipinski definition) is 1. The topological polar surface area (TPSA) is 49.4 Å². The second-order valence-corrected chi connectivity index (χ2v) is 4.24. The van der Waals surface area contributed by atoms with Crippen molar-refractivity contribution in [3.8, 4) is 0 Å². The van der Waals surface area contributed by atoms with Crippen molar-refractivity contribution in [2.75, 3.05) is 7.05 Å². The van der Waals surface area contributed by atoms with E-state index in [-0.39, 0.29) is 29.8 Å². The number of carbonyl (C=O) groups is 2. The predicted octanol–water partition coefficient (Wildman–Crippen LogP) is 0.768. The maximum atomic E-state index is 12.0. The van der Waals surface area contributed by atoms with Crippen molar-refractivity contribution >= 4 is 11.8 Å². The molecule has 0 aromatic carbocycles. The van der Waals surface area contributed by atoms with Crippen molar-refractivity contribution in [3.05, 3.63) is 0 Å². The van der Waals surface area contributed by atoms with Gasteiger partial charge in [0.25, 0.3) is 0 Å². The van der Waals surface area contributed by atoms with Crippen molar-refractivity contribution in [2.24, 2.45) is 5.92 Å². The number of nitrogens with zero attached hydrogens (tertiary/aromatic N) is 1. The Labute approximate surface area is 91.0 Å². The zero-order valence-corrected chi connectivity index (χ0v) is 9.91. The average molecular weight is 212 g/mol. The average Bonchev–Trinajstić information content (AvgIpc) is 2.23. The molecule has 0 aromatic rings. The van der Waals surface area contributed by atoms with Crippen LogP contribution in [0.15, 0.2) is 0 Å². The molecule has 1 N–H and O–H groups in total. The molecule has 1 aliphatic heterocycles. The zero-order chi connectivity index (χ0) is 11.6. The van der Waals surface area contributed by atoms with Gasteiger partial charge in [-0.05, 0) is 12.3 Å². The summed E-state index contributed by atoms with van der Waals surface area (Å²) in [6, 6.07) is -0.631. The first-order valence-electron chi connectivity index (χ1n) is 5.59. The van der Waals surface area contributed by atoms with Gasteiger partial charge >= 0.3 is 0 Å². The maximum absolute atomic E-state index is 12.0. The fraction of sp³-hybridized carbons (Fsp3) is 0.818. The third-order valence-electron chi connectivity index (χ3n) is 3.28. The highest BCUT2D eigenvalue weighted by atomic mass is 16.2. The number of rotatable bonds is 3. The summed E-state index contributed by atoms with van der Waals surface area (Å²) in [7, 11) is 1.71. The van der Waals surface area contributed by atoms with E-state index in [1.165, 1.54) is 0 Å². The van der Waals surface area contributed by atoms with Crippen molar-refractivity contribution in [1.29, 1.82) is 0 Å². The summed E-state index contributed by atoms with van der Waals surface area (Å²) in [5, 5.41) is 2.82. The first-order valence-corrected chi connectivity index (χ1v) is 5.59. The lowest BCUT2D eigenvalue weighted by Crippen LogP contribution is -2.63. The van der Waals surface area contributed by atoms with Gasteiger partial charge in [0.2, 0.25) is 11.8 Å². The van der Waals surface area contributed by atoms with Crippen LogP contribution in [-0.2, 0) is 9.59 Å². The van der Waals surface area contributed by atoms with Crippen LogP contribution in [-0.4, -0.2) is 35.8 Å². The molecule has 1 heterocycles. The molecule has 1 rings (SSSR count). The first-order chi connectivity index (χ1) is 7.02. The minimum Gasteiger partial charge on any atom is -0.342 e. The van der Waals surface area contributed by atoms with Gasteiger partial charge in [-0.1, -0.05) is 27.2 Å². The lowest BCUT2D eigenvalue weighted by Gasteiger charge is -2.38. The van der Waals surface area contributed by atoms with E-state index in [2.05, 4.69) is 5.32 Å². The highest BCUT2D eigenvalue weighted by Gasteiger charge is 2.39. The van der Waals surface area contributed by atoms with Gasteiger partial charge in [-0.3, -0.25) is 9.59 Å². The number of likely N-dealkylation sites (N-methyl/N-ethyl adjacent to an activating group) is 1. The Hall–Kier alpha value is -1.06. The van der Waals surface area contributed by atoms with Crippen LogP contribution < -0.4 is 5.32 Å². The van der Waals surface area contributed by atoms with E-state index < -0.39 is 0 Å². The Kier molecular flexibility index (Phi) is 3.72. The van der Waals surface area contributed by atoms with Gasteiger partial charge in [-0.15, -0.1) is 0 Å². The van der Waals surface area contributed by atoms with Crippen molar-refractivity contribution in [1.82, 2.24) is 10.2 Å². The van der Waals surface area contributed by atoms with Crippen LogP contribution in [0.2, 0.25) is 0 Å². The molecule has 0 aliphatic carbocycles. The quantitative estimate of drug-likeness (QED) is 0.751. The molecular weight excluding hydrogens is 192 g/mol. The lowest BCUT2D eigenvalue weighted by atomic mass is 9.94. The highest BCUT2D eigenvalue weighted by molar-refractivity contribution is 5.96. The van der Waals surface area contributed by atoms with Gasteiger partial charge in [0.05, 0.1) is 0 Å². The van der Waals surface area contributed by atoms with Crippen molar-refractivity contribution in [3.63, 3.8) is 0 Å². The standard InChI is InChI=1S/C11H20N2O2/c1-5-7(3)9-11(15)13(4)8(6-2)10(14)12-9/h7-9H,5-6H2,1-4H3,(H,12,14). The smallest absolute Gasteiger partial charge is 0.245 e. The number of nitrogens with one attached hydrogen (secondary N) is 1. The van der Waals surface area contributed by atoms with Crippen LogP contribution in [0.3, 0.4) is 0 Å². The Morgan fingerprint density at radius 2 is 2.00 bits per heavy atom. The maximum Gasteiger partial charge on any atom is 0.245 e. The second-order valence-electron chi connectivity index (χ2n) is 4.24. The summed E-state index contributed by atoms with van der Waals surface area (Å²) in [5.41, 5.74) is 0. The molecule has 1 fully saturated rings. The van der Waals surface area contributed by atoms with Crippen LogP contribution in [0, 0.1) is 5.92 Å². The summed E-state index contributed by atoms with van der Waals surface area (Å²) in [4.78, 5) is 25.2. The normalized spacial score (nSPS) is 28.9. The SMILES string of the molecule is CCC(C)C1NC(=O)C(CC)N(C)C1=O. The Morgan fingerprint density at radius 1 is 1.40 bits per heavy atom. The third kappa shape index (κ3) is 2.13. The van der Waals surface area contributed by atoms with Gasteiger partial charge in [-0.25, -0.2) is 0 Å². The monoisotopic (exact) mass is 212 g/mol. The molecule has 4 heteroatoms. The van der Waals surface area contributed by atoms with Crippen LogP contribution >= 0.6 is 0 Å². The Bertz CT molecular complexity index is 265. The van der Waals surface area contributed by atoms with Gasteiger partial charge in [0.1, 0.15) is 12.1 Å². The number of hydrogen-bond acceptors (Lipinski definition) is 2. The van der Waals surface area contributed by atoms with Crippen LogP contribution in [0.25, 0.3) is 0 Å². The zero-order valence-electron chi connectivity index (χ0n) is 9.91. The highest BCUT2D eigenvalue weighted by Crippen LogP contribution is 2.17. The lowest BCUT2D eigenvalue weighted by molar-refractivity contribution is -0.149. The summed E-state index contributed by atoms with van der Waals surface area (Å²) in [6.07, 6.45) is 1.56. The fourth-order valence-corrected chi connectivity index (χ4v) is 1.94. The molecule has 0 bridgehead atoms. The number of carbonyl (C=O) groups excluding carboxylic acids is 2. The molecule has 1 aliphatic rings. The van der Waals surface area contributed by atoms with Crippen molar-refractivity contribution < 1.29 is 9.59 Å². The van der Waals surface area contributed by atoms with E-state index in [0.717, 1.165) is 6.42 Å². The van der Waals surface area contributed by atoms with Crippen LogP contribution in [0.1, 0.15) is 33.6 Å². The summed E-state index contributed by atoms with van der Waals surface area (Å²) >= 11 is 0. The molecule has 0 saturated carbocycles. The predicted molar refractivity (Wildman–Crippen MR) is 58.2 cm³/mol. The number of amides is 2. The van der Waals surface area contributed by atoms with E-state index in [1.807, 2.05) is 20.8 Å². The molecule has 86 valence electrons. The van der Waals surface area contributed by atoms with E-state index in [4.69, 9.17) is 0 Å². The molecule has 2 amide bonds. The van der Waals surface area contributed by atoms with E-state index >= 15 is 0 Å². The van der Waals surface area contributed by atoms with Gasteiger partial charge in [0, 0.05) is 7.05 Å². The van der Waals surface area contributed by atoms with Crippen LogP contribution in [0.4, 0.5) is 0 Å². The molecule has 3 atom stereocenters. The third-order valence-corrected chi connectivity index (χ3v) is 3.28. The molecule has 0 aromatic heterocycles. The first kappa shape index (κ1) is 12.0. The fourth-order valence-electron chi connectivity index (χ4n) is 1.94. The van der Waals surface area contributed by atoms with E-state index in [0.29, 0.717) is 6.42 Å². The second kappa shape index (κ2) is 4.64. The summed E-state index contributed by atoms with van der Waals surface area (Å²) in [6.45, 7) is 5.93. The minimum absolute atomic E-state index is 0.0232. The number of piperazine rings is 1.